The van der Waals surface area contributed by atoms with E-state index in [0.717, 1.165) is 16.9 Å². The fraction of sp³-hybridized carbons (Fsp3) is 0.462. The van der Waals surface area contributed by atoms with Crippen molar-refractivity contribution in [3.05, 3.63) is 35.4 Å². The van der Waals surface area contributed by atoms with Gasteiger partial charge in [-0.15, -0.1) is 0 Å². The van der Waals surface area contributed by atoms with Crippen LogP contribution in [0.25, 0.3) is 0 Å². The van der Waals surface area contributed by atoms with Gasteiger partial charge in [-0.05, 0) is 18.7 Å². The van der Waals surface area contributed by atoms with Gasteiger partial charge in [-0.1, -0.05) is 36.5 Å². The molecule has 2 N–H and O–H groups in total. The number of thioether (sulfide) groups is 1. The van der Waals surface area contributed by atoms with Gasteiger partial charge in [0.05, 0.1) is 5.75 Å². The minimum absolute atomic E-state index is 0.0141. The Hall–Kier alpha value is -0.630. The summed E-state index contributed by atoms with van der Waals surface area (Å²) < 4.78 is 26.0. The van der Waals surface area contributed by atoms with Gasteiger partial charge in [-0.3, -0.25) is 0 Å². The summed E-state index contributed by atoms with van der Waals surface area (Å²) in [5, 5.41) is 0. The van der Waals surface area contributed by atoms with Crippen LogP contribution in [0.3, 0.4) is 0 Å². The molecule has 0 spiro atoms. The van der Waals surface area contributed by atoms with Gasteiger partial charge in [0.1, 0.15) is 4.99 Å². The SMILES string of the molecule is CSCC(C)N(C)S(=O)(=O)Cc1ccc(C(N)=S)cc1. The summed E-state index contributed by atoms with van der Waals surface area (Å²) in [6.07, 6.45) is 1.96. The van der Waals surface area contributed by atoms with Crippen LogP contribution >= 0.6 is 24.0 Å². The first kappa shape index (κ1) is 17.4. The molecule has 0 aromatic heterocycles. The number of hydrogen-bond donors (Lipinski definition) is 1. The summed E-state index contributed by atoms with van der Waals surface area (Å²) in [6.45, 7) is 1.91. The molecule has 1 aromatic carbocycles. The molecule has 0 aliphatic heterocycles. The van der Waals surface area contributed by atoms with Crippen molar-refractivity contribution in [2.24, 2.45) is 5.73 Å². The lowest BCUT2D eigenvalue weighted by Crippen LogP contribution is -2.37. The van der Waals surface area contributed by atoms with Gasteiger partial charge in [0, 0.05) is 24.4 Å². The van der Waals surface area contributed by atoms with E-state index in [0.29, 0.717) is 4.99 Å². The van der Waals surface area contributed by atoms with Crippen LogP contribution in [0.2, 0.25) is 0 Å². The maximum absolute atomic E-state index is 12.3. The average Bonchev–Trinajstić information content (AvgIpc) is 2.38. The maximum atomic E-state index is 12.3. The number of thiocarbonyl (C=S) groups is 1. The van der Waals surface area contributed by atoms with Crippen molar-refractivity contribution in [2.75, 3.05) is 19.1 Å². The molecule has 0 radical (unpaired) electrons. The lowest BCUT2D eigenvalue weighted by atomic mass is 10.1. The third-order valence-electron chi connectivity index (χ3n) is 3.05. The summed E-state index contributed by atoms with van der Waals surface area (Å²) >= 11 is 6.50. The lowest BCUT2D eigenvalue weighted by molar-refractivity contribution is 0.414. The van der Waals surface area contributed by atoms with Crippen LogP contribution in [0, 0.1) is 0 Å². The van der Waals surface area contributed by atoms with Crippen LogP contribution in [0.1, 0.15) is 18.1 Å². The topological polar surface area (TPSA) is 63.4 Å². The van der Waals surface area contributed by atoms with Crippen molar-refractivity contribution in [2.45, 2.75) is 18.7 Å². The standard InChI is InChI=1S/C13H20N2O2S3/c1-10(8-19-3)15(2)20(16,17)9-11-4-6-12(7-5-11)13(14)18/h4-7,10H,8-9H2,1-3H3,(H2,14,18). The zero-order valence-electron chi connectivity index (χ0n) is 11.9. The Balaban J connectivity index is 2.82. The molecule has 0 heterocycles. The molecule has 0 fully saturated rings. The Labute approximate surface area is 130 Å². The maximum Gasteiger partial charge on any atom is 0.218 e. The number of sulfonamides is 1. The number of hydrogen-bond acceptors (Lipinski definition) is 4. The monoisotopic (exact) mass is 332 g/mol. The van der Waals surface area contributed by atoms with E-state index in [1.165, 1.54) is 4.31 Å². The van der Waals surface area contributed by atoms with Gasteiger partial charge in [0.25, 0.3) is 0 Å². The van der Waals surface area contributed by atoms with Crippen molar-refractivity contribution < 1.29 is 8.42 Å². The van der Waals surface area contributed by atoms with Crippen LogP contribution in [0.5, 0.6) is 0 Å². The molecule has 7 heteroatoms. The zero-order valence-corrected chi connectivity index (χ0v) is 14.3. The van der Waals surface area contributed by atoms with Crippen LogP contribution in [0.4, 0.5) is 0 Å². The van der Waals surface area contributed by atoms with Crippen LogP contribution in [0.15, 0.2) is 24.3 Å². The Morgan fingerprint density at radius 2 is 1.95 bits per heavy atom. The van der Waals surface area contributed by atoms with E-state index in [1.54, 1.807) is 43.1 Å². The van der Waals surface area contributed by atoms with Gasteiger partial charge in [0.15, 0.2) is 0 Å². The second-order valence-electron chi connectivity index (χ2n) is 4.64. The molecule has 1 atom stereocenters. The smallest absolute Gasteiger partial charge is 0.218 e. The fourth-order valence-corrected chi connectivity index (χ4v) is 4.07. The Bertz CT molecular complexity index is 555. The Morgan fingerprint density at radius 3 is 2.40 bits per heavy atom. The number of rotatable bonds is 7. The second-order valence-corrected chi connectivity index (χ2v) is 8.02. The highest BCUT2D eigenvalue weighted by Gasteiger charge is 2.23. The number of nitrogens with zero attached hydrogens (tertiary/aromatic N) is 1. The van der Waals surface area contributed by atoms with Gasteiger partial charge in [0.2, 0.25) is 10.0 Å². The third-order valence-corrected chi connectivity index (χ3v) is 6.04. The fourth-order valence-electron chi connectivity index (χ4n) is 1.70. The first-order valence-corrected chi connectivity index (χ1v) is 9.52. The van der Waals surface area contributed by atoms with Crippen LogP contribution in [-0.4, -0.2) is 42.8 Å². The van der Waals surface area contributed by atoms with Crippen molar-refractivity contribution in [1.29, 1.82) is 0 Å². The van der Waals surface area contributed by atoms with E-state index in [1.807, 2.05) is 13.2 Å². The summed E-state index contributed by atoms with van der Waals surface area (Å²) in [6, 6.07) is 6.97. The minimum Gasteiger partial charge on any atom is -0.389 e. The first-order chi connectivity index (χ1) is 9.27. The molecule has 0 aliphatic rings. The summed E-state index contributed by atoms with van der Waals surface area (Å²) in [7, 11) is -1.69. The summed E-state index contributed by atoms with van der Waals surface area (Å²) in [4.78, 5) is 0.310. The highest BCUT2D eigenvalue weighted by atomic mass is 32.2. The zero-order chi connectivity index (χ0) is 15.3. The van der Waals surface area contributed by atoms with Crippen molar-refractivity contribution in [3.8, 4) is 0 Å². The predicted octanol–water partition coefficient (Wildman–Crippen LogP) is 1.83. The Kier molecular flexibility index (Phi) is 6.44. The molecule has 1 aromatic rings. The molecule has 0 saturated heterocycles. The highest BCUT2D eigenvalue weighted by Crippen LogP contribution is 2.15. The molecule has 1 unspecified atom stereocenters. The summed E-state index contributed by atoms with van der Waals surface area (Å²) in [5.74, 6) is 0.760. The molecule has 1 rings (SSSR count). The van der Waals surface area contributed by atoms with Crippen LogP contribution < -0.4 is 5.73 Å². The molecular weight excluding hydrogens is 312 g/mol. The first-order valence-electron chi connectivity index (χ1n) is 6.11. The van der Waals surface area contributed by atoms with Crippen molar-refractivity contribution in [1.82, 2.24) is 4.31 Å². The number of nitrogens with two attached hydrogens (primary N) is 1. The van der Waals surface area contributed by atoms with E-state index in [2.05, 4.69) is 0 Å². The van der Waals surface area contributed by atoms with E-state index in [4.69, 9.17) is 18.0 Å². The van der Waals surface area contributed by atoms with E-state index < -0.39 is 10.0 Å². The molecule has 0 aliphatic carbocycles. The molecule has 20 heavy (non-hydrogen) atoms. The van der Waals surface area contributed by atoms with E-state index >= 15 is 0 Å². The van der Waals surface area contributed by atoms with Gasteiger partial charge >= 0.3 is 0 Å². The van der Waals surface area contributed by atoms with Crippen LogP contribution in [-0.2, 0) is 15.8 Å². The minimum atomic E-state index is -3.31. The van der Waals surface area contributed by atoms with Gasteiger partial charge in [-0.2, -0.15) is 11.8 Å². The molecule has 4 nitrogen and oxygen atoms in total. The van der Waals surface area contributed by atoms with E-state index in [9.17, 15) is 8.42 Å². The largest absolute Gasteiger partial charge is 0.389 e. The molecule has 112 valence electrons. The summed E-state index contributed by atoms with van der Waals surface area (Å²) in [5.41, 5.74) is 6.99. The second kappa shape index (κ2) is 7.40. The molecule has 0 bridgehead atoms. The molecule has 0 saturated carbocycles. The van der Waals surface area contributed by atoms with Crippen molar-refractivity contribution in [3.63, 3.8) is 0 Å². The lowest BCUT2D eigenvalue weighted by Gasteiger charge is -2.23. The Morgan fingerprint density at radius 1 is 1.40 bits per heavy atom. The predicted molar refractivity (Wildman–Crippen MR) is 90.6 cm³/mol. The van der Waals surface area contributed by atoms with Gasteiger partial charge in [-0.25, -0.2) is 12.7 Å². The van der Waals surface area contributed by atoms with Gasteiger partial charge < -0.3 is 5.73 Å². The molecular formula is C13H20N2O2S3. The third kappa shape index (κ3) is 4.73. The highest BCUT2D eigenvalue weighted by molar-refractivity contribution is 7.98. The van der Waals surface area contributed by atoms with E-state index in [-0.39, 0.29) is 11.8 Å². The van der Waals surface area contributed by atoms with Crippen molar-refractivity contribution >= 4 is 39.0 Å². The average molecular weight is 333 g/mol. The number of benzene rings is 1. The normalized spacial score (nSPS) is 13.4. The quantitative estimate of drug-likeness (QED) is 0.772. The molecule has 0 amide bonds.